The molecule has 0 fully saturated rings. The number of halogens is 1. The topological polar surface area (TPSA) is 72.8 Å². The third-order valence-electron chi connectivity index (χ3n) is 4.02. The van der Waals surface area contributed by atoms with Gasteiger partial charge in [0.15, 0.2) is 0 Å². The molecule has 0 aliphatic carbocycles. The molecule has 0 bridgehead atoms. The molecule has 5 nitrogen and oxygen atoms in total. The van der Waals surface area contributed by atoms with Crippen molar-refractivity contribution >= 4 is 22.8 Å². The number of fused-ring (bicyclic) bond motifs is 1. The first-order valence-corrected chi connectivity index (χ1v) is 7.67. The summed E-state index contributed by atoms with van der Waals surface area (Å²) in [5, 5.41) is 10.1. The molecule has 1 N–H and O–H groups in total. The van der Waals surface area contributed by atoms with Gasteiger partial charge >= 0.3 is 5.97 Å². The van der Waals surface area contributed by atoms with Gasteiger partial charge in [-0.15, -0.1) is 0 Å². The van der Waals surface area contributed by atoms with Gasteiger partial charge < -0.3 is 14.6 Å². The predicted octanol–water partition coefficient (Wildman–Crippen LogP) is 3.41. The summed E-state index contributed by atoms with van der Waals surface area (Å²) in [4.78, 5) is 22.6. The SMILES string of the molecule is COc1c(C)c(CC=C(C)CCC(=O)Cl)c(O)c2c1COC2=O. The summed E-state index contributed by atoms with van der Waals surface area (Å²) in [5.74, 6) is -0.0237. The van der Waals surface area contributed by atoms with Crippen LogP contribution in [0.1, 0.15) is 46.8 Å². The first-order valence-electron chi connectivity index (χ1n) is 7.29. The number of allylic oxidation sites excluding steroid dienone is 2. The molecule has 1 aliphatic rings. The average molecular weight is 339 g/mol. The molecule has 124 valence electrons. The van der Waals surface area contributed by atoms with Gasteiger partial charge in [0.1, 0.15) is 23.7 Å². The molecule has 2 rings (SSSR count). The number of ether oxygens (including phenoxy) is 2. The highest BCUT2D eigenvalue weighted by atomic mass is 35.5. The summed E-state index contributed by atoms with van der Waals surface area (Å²) in [6.45, 7) is 3.84. The van der Waals surface area contributed by atoms with Crippen molar-refractivity contribution in [3.8, 4) is 11.5 Å². The second kappa shape index (κ2) is 7.04. The molecule has 0 atom stereocenters. The van der Waals surface area contributed by atoms with Crippen LogP contribution in [0.2, 0.25) is 0 Å². The highest BCUT2D eigenvalue weighted by molar-refractivity contribution is 6.63. The van der Waals surface area contributed by atoms with Gasteiger partial charge in [-0.2, -0.15) is 0 Å². The normalized spacial score (nSPS) is 13.7. The van der Waals surface area contributed by atoms with Gasteiger partial charge in [-0.3, -0.25) is 4.79 Å². The van der Waals surface area contributed by atoms with E-state index < -0.39 is 5.97 Å². The van der Waals surface area contributed by atoms with Gasteiger partial charge in [0.25, 0.3) is 0 Å². The van der Waals surface area contributed by atoms with Crippen LogP contribution in [0.15, 0.2) is 11.6 Å². The van der Waals surface area contributed by atoms with Crippen molar-refractivity contribution in [3.05, 3.63) is 33.9 Å². The van der Waals surface area contributed by atoms with Gasteiger partial charge in [-0.25, -0.2) is 4.79 Å². The summed E-state index contributed by atoms with van der Waals surface area (Å²) in [5.41, 5.74) is 3.16. The summed E-state index contributed by atoms with van der Waals surface area (Å²) in [6.07, 6.45) is 3.17. The van der Waals surface area contributed by atoms with Crippen molar-refractivity contribution in [1.82, 2.24) is 0 Å². The minimum absolute atomic E-state index is 0.0572. The van der Waals surface area contributed by atoms with Gasteiger partial charge in [0, 0.05) is 12.0 Å². The fraction of sp³-hybridized carbons (Fsp3) is 0.412. The Bertz CT molecular complexity index is 691. The van der Waals surface area contributed by atoms with Crippen LogP contribution in [-0.4, -0.2) is 23.4 Å². The van der Waals surface area contributed by atoms with E-state index in [1.807, 2.05) is 19.9 Å². The van der Waals surface area contributed by atoms with E-state index in [1.165, 1.54) is 7.11 Å². The van der Waals surface area contributed by atoms with E-state index >= 15 is 0 Å². The predicted molar refractivity (Wildman–Crippen MR) is 86.1 cm³/mol. The molecule has 0 saturated carbocycles. The van der Waals surface area contributed by atoms with Gasteiger partial charge in [0.05, 0.1) is 12.7 Å². The minimum Gasteiger partial charge on any atom is -0.507 e. The highest BCUT2D eigenvalue weighted by Gasteiger charge is 2.32. The van der Waals surface area contributed by atoms with E-state index in [0.717, 1.165) is 11.1 Å². The highest BCUT2D eigenvalue weighted by Crippen LogP contribution is 2.42. The molecule has 1 aromatic rings. The zero-order valence-electron chi connectivity index (χ0n) is 13.4. The molecule has 0 saturated heterocycles. The third kappa shape index (κ3) is 3.50. The summed E-state index contributed by atoms with van der Waals surface area (Å²) >= 11 is 5.33. The Hall–Kier alpha value is -2.01. The Labute approximate surface area is 139 Å². The Morgan fingerprint density at radius 3 is 2.74 bits per heavy atom. The number of benzene rings is 1. The second-order valence-electron chi connectivity index (χ2n) is 5.52. The molecular weight excluding hydrogens is 320 g/mol. The molecule has 1 aromatic carbocycles. The Balaban J connectivity index is 2.36. The molecular formula is C17H19ClO5. The molecule has 1 aliphatic heterocycles. The Morgan fingerprint density at radius 2 is 2.13 bits per heavy atom. The number of phenols is 1. The molecule has 6 heteroatoms. The molecule has 0 amide bonds. The number of hydrogen-bond donors (Lipinski definition) is 1. The van der Waals surface area contributed by atoms with Crippen LogP contribution in [0.3, 0.4) is 0 Å². The lowest BCUT2D eigenvalue weighted by atomic mass is 9.94. The molecule has 0 unspecified atom stereocenters. The van der Waals surface area contributed by atoms with Crippen LogP contribution < -0.4 is 4.74 Å². The second-order valence-corrected chi connectivity index (χ2v) is 5.95. The van der Waals surface area contributed by atoms with Crippen molar-refractivity contribution in [3.63, 3.8) is 0 Å². The first-order chi connectivity index (χ1) is 10.9. The standard InChI is InChI=1S/C17H19ClO5/c1-9(5-7-13(18)19)4-6-11-10(2)16(22-3)12-8-23-17(21)14(12)15(11)20/h4,20H,5-8H2,1-3H3. The maximum absolute atomic E-state index is 11.8. The number of methoxy groups -OCH3 is 1. The van der Waals surface area contributed by atoms with Gasteiger partial charge in [0.2, 0.25) is 5.24 Å². The number of hydrogen-bond acceptors (Lipinski definition) is 5. The first kappa shape index (κ1) is 17.3. The lowest BCUT2D eigenvalue weighted by molar-refractivity contribution is -0.111. The van der Waals surface area contributed by atoms with E-state index in [0.29, 0.717) is 29.7 Å². The van der Waals surface area contributed by atoms with Crippen molar-refractivity contribution in [2.75, 3.05) is 7.11 Å². The minimum atomic E-state index is -0.537. The van der Waals surface area contributed by atoms with Crippen LogP contribution in [0, 0.1) is 6.92 Å². The smallest absolute Gasteiger partial charge is 0.342 e. The van der Waals surface area contributed by atoms with Crippen molar-refractivity contribution in [2.45, 2.75) is 39.7 Å². The van der Waals surface area contributed by atoms with E-state index in [9.17, 15) is 14.7 Å². The largest absolute Gasteiger partial charge is 0.507 e. The van der Waals surface area contributed by atoms with Crippen LogP contribution in [-0.2, 0) is 22.6 Å². The maximum atomic E-state index is 11.8. The van der Waals surface area contributed by atoms with Gasteiger partial charge in [-0.05, 0) is 43.9 Å². The van der Waals surface area contributed by atoms with Crippen LogP contribution in [0.5, 0.6) is 11.5 Å². The zero-order valence-corrected chi connectivity index (χ0v) is 14.1. The van der Waals surface area contributed by atoms with Crippen molar-refractivity contribution < 1.29 is 24.2 Å². The lowest BCUT2D eigenvalue weighted by Gasteiger charge is -2.15. The average Bonchev–Trinajstić information content (AvgIpc) is 2.87. The fourth-order valence-corrected chi connectivity index (χ4v) is 2.81. The number of carbonyl (C=O) groups excluding carboxylic acids is 2. The van der Waals surface area contributed by atoms with Gasteiger partial charge in [-0.1, -0.05) is 11.6 Å². The van der Waals surface area contributed by atoms with Crippen LogP contribution in [0.25, 0.3) is 0 Å². The fourth-order valence-electron chi connectivity index (χ4n) is 2.72. The monoisotopic (exact) mass is 338 g/mol. The Kier molecular flexibility index (Phi) is 5.31. The molecule has 23 heavy (non-hydrogen) atoms. The maximum Gasteiger partial charge on any atom is 0.342 e. The summed E-state index contributed by atoms with van der Waals surface area (Å²) in [7, 11) is 1.53. The number of esters is 1. The summed E-state index contributed by atoms with van der Waals surface area (Å²) < 4.78 is 10.4. The van der Waals surface area contributed by atoms with Crippen LogP contribution in [0.4, 0.5) is 0 Å². The zero-order chi connectivity index (χ0) is 17.1. The Morgan fingerprint density at radius 1 is 1.43 bits per heavy atom. The van der Waals surface area contributed by atoms with E-state index in [-0.39, 0.29) is 29.6 Å². The third-order valence-corrected chi connectivity index (χ3v) is 4.21. The van der Waals surface area contributed by atoms with E-state index in [1.54, 1.807) is 0 Å². The lowest BCUT2D eigenvalue weighted by Crippen LogP contribution is -2.03. The van der Waals surface area contributed by atoms with Crippen molar-refractivity contribution in [1.29, 1.82) is 0 Å². The number of carbonyl (C=O) groups is 2. The summed E-state index contributed by atoms with van der Waals surface area (Å²) in [6, 6.07) is 0. The van der Waals surface area contributed by atoms with E-state index in [4.69, 9.17) is 21.1 Å². The van der Waals surface area contributed by atoms with E-state index in [2.05, 4.69) is 0 Å². The van der Waals surface area contributed by atoms with Crippen molar-refractivity contribution in [2.24, 2.45) is 0 Å². The number of rotatable bonds is 6. The molecule has 0 aromatic heterocycles. The number of cyclic esters (lactones) is 1. The quantitative estimate of drug-likeness (QED) is 0.489. The molecule has 0 radical (unpaired) electrons. The van der Waals surface area contributed by atoms with Crippen LogP contribution >= 0.6 is 11.6 Å². The number of aromatic hydroxyl groups is 1. The number of phenolic OH excluding ortho intramolecular Hbond substituents is 1. The molecule has 0 spiro atoms. The molecule has 1 heterocycles.